The third-order valence-electron chi connectivity index (χ3n) is 2.55. The lowest BCUT2D eigenvalue weighted by atomic mass is 10.2. The molecule has 0 aromatic heterocycles. The molecule has 4 nitrogen and oxygen atoms in total. The van der Waals surface area contributed by atoms with Crippen molar-refractivity contribution in [2.24, 2.45) is 0 Å². The first-order chi connectivity index (χ1) is 6.63. The predicted molar refractivity (Wildman–Crippen MR) is 55.0 cm³/mol. The highest BCUT2D eigenvalue weighted by atomic mass is 16.3. The van der Waals surface area contributed by atoms with E-state index in [4.69, 9.17) is 0 Å². The van der Waals surface area contributed by atoms with E-state index < -0.39 is 0 Å². The van der Waals surface area contributed by atoms with Crippen LogP contribution in [0.25, 0.3) is 0 Å². The summed E-state index contributed by atoms with van der Waals surface area (Å²) in [6.45, 7) is 6.14. The first-order valence-electron chi connectivity index (χ1n) is 5.32. The minimum absolute atomic E-state index is 0.148. The Morgan fingerprint density at radius 3 is 2.93 bits per heavy atom. The zero-order chi connectivity index (χ0) is 10.6. The first kappa shape index (κ1) is 11.5. The van der Waals surface area contributed by atoms with Gasteiger partial charge in [0.15, 0.2) is 0 Å². The quantitative estimate of drug-likeness (QED) is 0.670. The summed E-state index contributed by atoms with van der Waals surface area (Å²) in [6.07, 6.45) is 0.940. The van der Waals surface area contributed by atoms with E-state index in [1.165, 1.54) is 0 Å². The molecule has 0 radical (unpaired) electrons. The summed E-state index contributed by atoms with van der Waals surface area (Å²) >= 11 is 0. The molecule has 1 heterocycles. The SMILES string of the molecule is CCNC(C)CC(=O)N1CCC(O)C1. The Kier molecular flexibility index (Phi) is 4.35. The fourth-order valence-electron chi connectivity index (χ4n) is 1.78. The number of carbonyl (C=O) groups is 1. The molecule has 0 saturated carbocycles. The third-order valence-corrected chi connectivity index (χ3v) is 2.55. The van der Waals surface area contributed by atoms with Gasteiger partial charge in [-0.25, -0.2) is 0 Å². The van der Waals surface area contributed by atoms with E-state index in [9.17, 15) is 9.90 Å². The van der Waals surface area contributed by atoms with E-state index in [-0.39, 0.29) is 18.1 Å². The standard InChI is InChI=1S/C10H20N2O2/c1-3-11-8(2)6-10(14)12-5-4-9(13)7-12/h8-9,11,13H,3-7H2,1-2H3. The Hall–Kier alpha value is -0.610. The van der Waals surface area contributed by atoms with Crippen LogP contribution in [-0.2, 0) is 4.79 Å². The second-order valence-electron chi connectivity index (χ2n) is 3.95. The molecule has 4 heteroatoms. The molecular weight excluding hydrogens is 180 g/mol. The minimum Gasteiger partial charge on any atom is -0.391 e. The molecular formula is C10H20N2O2. The molecule has 14 heavy (non-hydrogen) atoms. The fraction of sp³-hybridized carbons (Fsp3) is 0.900. The Morgan fingerprint density at radius 1 is 1.71 bits per heavy atom. The van der Waals surface area contributed by atoms with E-state index in [2.05, 4.69) is 5.32 Å². The van der Waals surface area contributed by atoms with Crippen molar-refractivity contribution < 1.29 is 9.90 Å². The number of nitrogens with one attached hydrogen (secondary N) is 1. The molecule has 1 saturated heterocycles. The lowest BCUT2D eigenvalue weighted by Gasteiger charge is -2.18. The highest BCUT2D eigenvalue weighted by molar-refractivity contribution is 5.77. The zero-order valence-electron chi connectivity index (χ0n) is 8.99. The molecule has 0 spiro atoms. The van der Waals surface area contributed by atoms with E-state index in [0.717, 1.165) is 13.0 Å². The minimum atomic E-state index is -0.312. The van der Waals surface area contributed by atoms with E-state index in [0.29, 0.717) is 19.5 Å². The first-order valence-corrected chi connectivity index (χ1v) is 5.32. The largest absolute Gasteiger partial charge is 0.391 e. The van der Waals surface area contributed by atoms with E-state index in [1.807, 2.05) is 13.8 Å². The summed E-state index contributed by atoms with van der Waals surface area (Å²) in [7, 11) is 0. The van der Waals surface area contributed by atoms with Crippen molar-refractivity contribution in [2.75, 3.05) is 19.6 Å². The molecule has 0 aromatic carbocycles. The van der Waals surface area contributed by atoms with Crippen LogP contribution in [0, 0.1) is 0 Å². The van der Waals surface area contributed by atoms with Gasteiger partial charge in [-0.3, -0.25) is 4.79 Å². The Morgan fingerprint density at radius 2 is 2.43 bits per heavy atom. The number of amides is 1. The maximum absolute atomic E-state index is 11.7. The smallest absolute Gasteiger partial charge is 0.224 e. The molecule has 1 amide bonds. The number of rotatable bonds is 4. The summed E-state index contributed by atoms with van der Waals surface area (Å²) in [5.41, 5.74) is 0. The van der Waals surface area contributed by atoms with Crippen molar-refractivity contribution in [3.05, 3.63) is 0 Å². The second-order valence-corrected chi connectivity index (χ2v) is 3.95. The molecule has 1 aliphatic rings. The van der Waals surface area contributed by atoms with Crippen molar-refractivity contribution in [3.8, 4) is 0 Å². The van der Waals surface area contributed by atoms with Crippen LogP contribution in [0.2, 0.25) is 0 Å². The third kappa shape index (κ3) is 3.27. The second kappa shape index (κ2) is 5.32. The number of aliphatic hydroxyl groups is 1. The van der Waals surface area contributed by atoms with Gasteiger partial charge in [0.25, 0.3) is 0 Å². The molecule has 2 unspecified atom stereocenters. The topological polar surface area (TPSA) is 52.6 Å². The van der Waals surface area contributed by atoms with Gasteiger partial charge in [-0.05, 0) is 19.9 Å². The molecule has 1 rings (SSSR count). The van der Waals surface area contributed by atoms with Crippen LogP contribution in [0.4, 0.5) is 0 Å². The maximum atomic E-state index is 11.7. The summed E-state index contributed by atoms with van der Waals surface area (Å²) in [5.74, 6) is 0.148. The Bertz CT molecular complexity index is 197. The monoisotopic (exact) mass is 200 g/mol. The number of aliphatic hydroxyl groups excluding tert-OH is 1. The van der Waals surface area contributed by atoms with Crippen LogP contribution in [0.15, 0.2) is 0 Å². The van der Waals surface area contributed by atoms with Gasteiger partial charge in [0.05, 0.1) is 6.10 Å². The summed E-state index contributed by atoms with van der Waals surface area (Å²) < 4.78 is 0. The molecule has 0 aromatic rings. The predicted octanol–water partition coefficient (Wildman–Crippen LogP) is -0.0323. The van der Waals surface area contributed by atoms with Crippen molar-refractivity contribution in [3.63, 3.8) is 0 Å². The average Bonchev–Trinajstić information content (AvgIpc) is 2.52. The lowest BCUT2D eigenvalue weighted by Crippen LogP contribution is -2.36. The van der Waals surface area contributed by atoms with Crippen LogP contribution in [0.5, 0.6) is 0 Å². The highest BCUT2D eigenvalue weighted by Crippen LogP contribution is 2.10. The summed E-state index contributed by atoms with van der Waals surface area (Å²) in [6, 6.07) is 0.227. The van der Waals surface area contributed by atoms with Gasteiger partial charge in [0.2, 0.25) is 5.91 Å². The number of hydrogen-bond donors (Lipinski definition) is 2. The summed E-state index contributed by atoms with van der Waals surface area (Å²) in [4.78, 5) is 13.4. The van der Waals surface area contributed by atoms with Gasteiger partial charge in [-0.15, -0.1) is 0 Å². The average molecular weight is 200 g/mol. The molecule has 1 fully saturated rings. The number of carbonyl (C=O) groups excluding carboxylic acids is 1. The van der Waals surface area contributed by atoms with Gasteiger partial charge in [0.1, 0.15) is 0 Å². The maximum Gasteiger partial charge on any atom is 0.224 e. The van der Waals surface area contributed by atoms with Crippen LogP contribution in [-0.4, -0.2) is 47.7 Å². The molecule has 0 aliphatic carbocycles. The van der Waals surface area contributed by atoms with Crippen molar-refractivity contribution in [1.29, 1.82) is 0 Å². The molecule has 0 bridgehead atoms. The van der Waals surface area contributed by atoms with E-state index >= 15 is 0 Å². The number of β-amino-alcohol motifs (C(OH)–C–C–N with tert-alkyl or cyclic N) is 1. The van der Waals surface area contributed by atoms with Crippen molar-refractivity contribution in [2.45, 2.75) is 38.8 Å². The number of nitrogens with zero attached hydrogens (tertiary/aromatic N) is 1. The molecule has 2 atom stereocenters. The fourth-order valence-corrected chi connectivity index (χ4v) is 1.78. The Labute approximate surface area is 85.3 Å². The number of likely N-dealkylation sites (tertiary alicyclic amines) is 1. The van der Waals surface area contributed by atoms with Crippen molar-refractivity contribution in [1.82, 2.24) is 10.2 Å². The molecule has 1 aliphatic heterocycles. The van der Waals surface area contributed by atoms with Gasteiger partial charge >= 0.3 is 0 Å². The van der Waals surface area contributed by atoms with E-state index in [1.54, 1.807) is 4.90 Å². The van der Waals surface area contributed by atoms with Gasteiger partial charge in [-0.1, -0.05) is 6.92 Å². The van der Waals surface area contributed by atoms with Crippen LogP contribution in [0.1, 0.15) is 26.7 Å². The van der Waals surface area contributed by atoms with Gasteiger partial charge in [0, 0.05) is 25.6 Å². The normalized spacial score (nSPS) is 23.9. The van der Waals surface area contributed by atoms with Gasteiger partial charge < -0.3 is 15.3 Å². The lowest BCUT2D eigenvalue weighted by molar-refractivity contribution is -0.130. The van der Waals surface area contributed by atoms with Crippen LogP contribution in [0.3, 0.4) is 0 Å². The van der Waals surface area contributed by atoms with Crippen molar-refractivity contribution >= 4 is 5.91 Å². The zero-order valence-corrected chi connectivity index (χ0v) is 8.99. The molecule has 2 N–H and O–H groups in total. The highest BCUT2D eigenvalue weighted by Gasteiger charge is 2.24. The number of hydrogen-bond acceptors (Lipinski definition) is 3. The summed E-state index contributed by atoms with van der Waals surface area (Å²) in [5, 5.41) is 12.5. The Balaban J connectivity index is 2.27. The molecule has 82 valence electrons. The van der Waals surface area contributed by atoms with Gasteiger partial charge in [-0.2, -0.15) is 0 Å². The van der Waals surface area contributed by atoms with Crippen LogP contribution < -0.4 is 5.32 Å². The van der Waals surface area contributed by atoms with Crippen LogP contribution >= 0.6 is 0 Å².